The van der Waals surface area contributed by atoms with Crippen LogP contribution in [0.5, 0.6) is 0 Å². The molecule has 30 heavy (non-hydrogen) atoms. The molecule has 3 heterocycles. The fourth-order valence-corrected chi connectivity index (χ4v) is 5.45. The molecule has 2 aromatic heterocycles. The highest BCUT2D eigenvalue weighted by Gasteiger charge is 2.59. The van der Waals surface area contributed by atoms with E-state index >= 15 is 0 Å². The zero-order valence-corrected chi connectivity index (χ0v) is 16.7. The Morgan fingerprint density at radius 2 is 2.10 bits per heavy atom. The van der Waals surface area contributed by atoms with E-state index in [0.717, 1.165) is 43.2 Å². The molecule has 1 saturated heterocycles. The van der Waals surface area contributed by atoms with Gasteiger partial charge in [0.2, 0.25) is 0 Å². The monoisotopic (exact) mass is 409 g/mol. The van der Waals surface area contributed by atoms with Gasteiger partial charge in [-0.2, -0.15) is 0 Å². The molecule has 3 aromatic rings. The van der Waals surface area contributed by atoms with E-state index in [1.807, 2.05) is 17.6 Å². The lowest BCUT2D eigenvalue weighted by Crippen LogP contribution is -2.27. The van der Waals surface area contributed by atoms with Crippen molar-refractivity contribution in [2.24, 2.45) is 5.92 Å². The molecule has 8 heteroatoms. The van der Waals surface area contributed by atoms with Crippen molar-refractivity contribution < 1.29 is 19.2 Å². The lowest BCUT2D eigenvalue weighted by molar-refractivity contribution is -0.0132. The number of H-pyrrole nitrogens is 1. The highest BCUT2D eigenvalue weighted by Crippen LogP contribution is 2.56. The van der Waals surface area contributed by atoms with Crippen molar-refractivity contribution in [1.29, 1.82) is 0 Å². The summed E-state index contributed by atoms with van der Waals surface area (Å²) in [4.78, 5) is 26.4. The first kappa shape index (κ1) is 17.9. The molecule has 3 aliphatic rings. The van der Waals surface area contributed by atoms with Crippen LogP contribution in [0.3, 0.4) is 0 Å². The van der Waals surface area contributed by atoms with Crippen LogP contribution in [-0.4, -0.2) is 38.0 Å². The van der Waals surface area contributed by atoms with Gasteiger partial charge in [-0.1, -0.05) is 18.1 Å². The minimum absolute atomic E-state index is 0.0857. The van der Waals surface area contributed by atoms with Crippen LogP contribution >= 0.6 is 0 Å². The maximum Gasteiger partial charge on any atom is 0.438 e. The van der Waals surface area contributed by atoms with E-state index in [2.05, 4.69) is 22.3 Å². The first-order valence-corrected chi connectivity index (χ1v) is 10.5. The van der Waals surface area contributed by atoms with Crippen LogP contribution < -0.4 is 5.76 Å². The Morgan fingerprint density at radius 3 is 2.73 bits per heavy atom. The molecule has 2 N–H and O–H groups in total. The molecular weight excluding hydrogens is 386 g/mol. The van der Waals surface area contributed by atoms with Gasteiger partial charge in [-0.25, -0.2) is 9.59 Å². The Labute approximate surface area is 171 Å². The molecule has 0 unspecified atom stereocenters. The van der Waals surface area contributed by atoms with Crippen LogP contribution in [0.2, 0.25) is 0 Å². The Balaban J connectivity index is 1.48. The summed E-state index contributed by atoms with van der Waals surface area (Å²) in [6, 6.07) is 7.98. The number of benzene rings is 1. The first-order valence-electron chi connectivity index (χ1n) is 10.5. The number of aromatic carboxylic acids is 1. The third-order valence-corrected chi connectivity index (χ3v) is 7.34. The molecule has 2 aliphatic carbocycles. The summed E-state index contributed by atoms with van der Waals surface area (Å²) in [6.45, 7) is 2.81. The normalized spacial score (nSPS) is 29.4. The topological polar surface area (TPSA) is 110 Å². The number of aromatic amines is 1. The average Bonchev–Trinajstić information content (AvgIpc) is 3.49. The predicted octanol–water partition coefficient (Wildman–Crippen LogP) is 3.23. The van der Waals surface area contributed by atoms with Gasteiger partial charge >= 0.3 is 11.7 Å². The number of hydrogen-bond acceptors (Lipinski definition) is 5. The Kier molecular flexibility index (Phi) is 3.50. The molecule has 8 nitrogen and oxygen atoms in total. The Morgan fingerprint density at radius 1 is 1.30 bits per heavy atom. The standard InChI is InChI=1S/C22H23N3O5/c1-12-10-22(12,19-23-20(28)30-24-19)25-16-3-2-13(8-15(16)9-17(25)18(26)27)14-4-7-29-21(11-14)5-6-21/h2-3,8-9,12,14H,4-7,10-11H2,1H3,(H,26,27)(H,23,24,28)/t12-,14-,22+/m1/s1. The van der Waals surface area contributed by atoms with Gasteiger partial charge in [-0.15, -0.1) is 0 Å². The number of carboxylic acids is 1. The number of carboxylic acid groups (broad SMARTS) is 1. The van der Waals surface area contributed by atoms with Crippen LogP contribution in [0.15, 0.2) is 33.6 Å². The zero-order valence-electron chi connectivity index (χ0n) is 16.7. The van der Waals surface area contributed by atoms with Crippen molar-refractivity contribution in [2.45, 2.75) is 56.1 Å². The number of ether oxygens (including phenoxy) is 1. The molecule has 3 atom stereocenters. The fourth-order valence-electron chi connectivity index (χ4n) is 5.45. The van der Waals surface area contributed by atoms with Crippen LogP contribution in [0, 0.1) is 5.92 Å². The van der Waals surface area contributed by atoms with Gasteiger partial charge < -0.3 is 14.4 Å². The maximum absolute atomic E-state index is 12.1. The van der Waals surface area contributed by atoms with Crippen molar-refractivity contribution >= 4 is 16.9 Å². The highest BCUT2D eigenvalue weighted by molar-refractivity contribution is 5.95. The van der Waals surface area contributed by atoms with E-state index in [1.54, 1.807) is 6.07 Å². The van der Waals surface area contributed by atoms with Crippen LogP contribution in [0.4, 0.5) is 0 Å². The number of nitrogens with one attached hydrogen (secondary N) is 1. The second-order valence-electron chi connectivity index (χ2n) is 9.18. The van der Waals surface area contributed by atoms with Crippen molar-refractivity contribution in [3.63, 3.8) is 0 Å². The second-order valence-corrected chi connectivity index (χ2v) is 9.18. The Hall–Kier alpha value is -2.87. The summed E-state index contributed by atoms with van der Waals surface area (Å²) >= 11 is 0. The van der Waals surface area contributed by atoms with E-state index < -0.39 is 17.3 Å². The van der Waals surface area contributed by atoms with Crippen molar-refractivity contribution in [3.8, 4) is 0 Å². The third-order valence-electron chi connectivity index (χ3n) is 7.34. The third kappa shape index (κ3) is 2.46. The minimum Gasteiger partial charge on any atom is -0.477 e. The second kappa shape index (κ2) is 5.85. The quantitative estimate of drug-likeness (QED) is 0.685. The lowest BCUT2D eigenvalue weighted by Gasteiger charge is -2.30. The smallest absolute Gasteiger partial charge is 0.438 e. The maximum atomic E-state index is 12.1. The van der Waals surface area contributed by atoms with Gasteiger partial charge in [-0.05, 0) is 67.7 Å². The lowest BCUT2D eigenvalue weighted by atomic mass is 9.87. The number of nitrogens with zero attached hydrogens (tertiary/aromatic N) is 2. The summed E-state index contributed by atoms with van der Waals surface area (Å²) in [7, 11) is 0. The number of rotatable bonds is 4. The van der Waals surface area contributed by atoms with Crippen molar-refractivity contribution in [3.05, 3.63) is 51.9 Å². The molecule has 6 rings (SSSR count). The summed E-state index contributed by atoms with van der Waals surface area (Å²) < 4.78 is 12.5. The summed E-state index contributed by atoms with van der Waals surface area (Å²) in [5.74, 6) is -0.698. The van der Waals surface area contributed by atoms with Crippen LogP contribution in [0.25, 0.3) is 10.9 Å². The van der Waals surface area contributed by atoms with Gasteiger partial charge in [-0.3, -0.25) is 9.51 Å². The molecule has 3 fully saturated rings. The molecule has 0 radical (unpaired) electrons. The Bertz CT molecular complexity index is 1230. The number of aromatic nitrogens is 3. The number of carbonyl (C=O) groups is 1. The summed E-state index contributed by atoms with van der Waals surface area (Å²) in [5.41, 5.74) is 1.64. The van der Waals surface area contributed by atoms with Gasteiger partial charge in [0.25, 0.3) is 0 Å². The van der Waals surface area contributed by atoms with Crippen molar-refractivity contribution in [1.82, 2.24) is 14.7 Å². The highest BCUT2D eigenvalue weighted by atomic mass is 16.5. The largest absolute Gasteiger partial charge is 0.477 e. The van der Waals surface area contributed by atoms with Gasteiger partial charge in [0.15, 0.2) is 5.82 Å². The molecule has 156 valence electrons. The van der Waals surface area contributed by atoms with E-state index in [-0.39, 0.29) is 17.2 Å². The van der Waals surface area contributed by atoms with Gasteiger partial charge in [0.05, 0.1) is 5.60 Å². The van der Waals surface area contributed by atoms with Crippen LogP contribution in [0.1, 0.15) is 66.8 Å². The van der Waals surface area contributed by atoms with Crippen LogP contribution in [-0.2, 0) is 10.3 Å². The average molecular weight is 409 g/mol. The van der Waals surface area contributed by atoms with E-state index in [9.17, 15) is 14.7 Å². The number of hydrogen-bond donors (Lipinski definition) is 2. The van der Waals surface area contributed by atoms with E-state index in [0.29, 0.717) is 18.2 Å². The molecule has 0 amide bonds. The van der Waals surface area contributed by atoms with Gasteiger partial charge in [0, 0.05) is 17.5 Å². The molecule has 1 spiro atoms. The first-order chi connectivity index (χ1) is 14.4. The molecule has 1 aliphatic heterocycles. The molecular formula is C22H23N3O5. The minimum atomic E-state index is -1.000. The van der Waals surface area contributed by atoms with E-state index in [4.69, 9.17) is 9.26 Å². The van der Waals surface area contributed by atoms with Crippen molar-refractivity contribution in [2.75, 3.05) is 6.61 Å². The molecule has 2 saturated carbocycles. The fraction of sp³-hybridized carbons (Fsp3) is 0.500. The molecule has 0 bridgehead atoms. The summed E-state index contributed by atoms with van der Waals surface area (Å²) in [6.07, 6.45) is 4.99. The van der Waals surface area contributed by atoms with Gasteiger partial charge in [0.1, 0.15) is 11.2 Å². The van der Waals surface area contributed by atoms with E-state index in [1.165, 1.54) is 5.56 Å². The predicted molar refractivity (Wildman–Crippen MR) is 107 cm³/mol. The molecule has 1 aromatic carbocycles. The zero-order chi connectivity index (χ0) is 20.7. The SMILES string of the molecule is C[C@@H]1C[C@]1(c1noc(=O)[nH]1)n1c(C(=O)O)cc2cc([C@@H]3CCOC4(CC4)C3)ccc21. The number of fused-ring (bicyclic) bond motifs is 1. The summed E-state index contributed by atoms with van der Waals surface area (Å²) in [5, 5.41) is 14.7.